The molecule has 0 saturated heterocycles. The molecule has 0 N–H and O–H groups in total. The lowest BCUT2D eigenvalue weighted by Gasteiger charge is -2.31. The van der Waals surface area contributed by atoms with Crippen LogP contribution < -0.4 is 5.30 Å². The highest BCUT2D eigenvalue weighted by atomic mass is 31.1. The fourth-order valence-electron chi connectivity index (χ4n) is 2.08. The van der Waals surface area contributed by atoms with Crippen LogP contribution >= 0.6 is 7.92 Å². The molecule has 0 aliphatic carbocycles. The zero-order chi connectivity index (χ0) is 13.2. The number of aliphatic imine (C=N–C) groups is 1. The molecule has 2 atom stereocenters. The van der Waals surface area contributed by atoms with Crippen LogP contribution in [0.15, 0.2) is 35.3 Å². The van der Waals surface area contributed by atoms with E-state index in [0.717, 1.165) is 18.6 Å². The summed E-state index contributed by atoms with van der Waals surface area (Å²) in [4.78, 5) is 4.51. The van der Waals surface area contributed by atoms with Gasteiger partial charge in [-0.05, 0) is 17.4 Å². The van der Waals surface area contributed by atoms with E-state index in [-0.39, 0.29) is 27.6 Å². The van der Waals surface area contributed by atoms with E-state index in [1.54, 1.807) is 0 Å². The minimum absolute atomic E-state index is 0. The van der Waals surface area contributed by atoms with Gasteiger partial charge in [-0.25, -0.2) is 0 Å². The number of hydrogen-bond donors (Lipinski definition) is 0. The zero-order valence-corrected chi connectivity index (χ0v) is 13.2. The summed E-state index contributed by atoms with van der Waals surface area (Å²) in [6.45, 7) is 9.83. The third-order valence-electron chi connectivity index (χ3n) is 3.03. The molecule has 0 bridgehead atoms. The smallest absolute Gasteiger partial charge is 0.188 e. The topological polar surface area (TPSA) is 21.6 Å². The van der Waals surface area contributed by atoms with Crippen LogP contribution in [-0.4, -0.2) is 38.3 Å². The number of benzene rings is 1. The van der Waals surface area contributed by atoms with Crippen molar-refractivity contribution in [2.24, 2.45) is 4.99 Å². The van der Waals surface area contributed by atoms with Crippen LogP contribution in [0.25, 0.3) is 0 Å². The van der Waals surface area contributed by atoms with E-state index in [2.05, 4.69) is 63.0 Å². The van der Waals surface area contributed by atoms with Crippen LogP contribution in [0.4, 0.5) is 0 Å². The van der Waals surface area contributed by atoms with Gasteiger partial charge in [0, 0.05) is 14.6 Å². The maximum atomic E-state index is 5.77. The maximum Gasteiger partial charge on any atom is 0.188 e. The summed E-state index contributed by atoms with van der Waals surface area (Å²) in [5.74, 6) is 0.951. The van der Waals surface area contributed by atoms with E-state index < -0.39 is 0 Å². The molecule has 0 aromatic heterocycles. The van der Waals surface area contributed by atoms with Gasteiger partial charge in [0.2, 0.25) is 0 Å². The number of rotatable bonds is 3. The summed E-state index contributed by atoms with van der Waals surface area (Å²) >= 11 is 0. The molecule has 1 aromatic rings. The predicted molar refractivity (Wildman–Crippen MR) is 86.2 cm³/mol. The van der Waals surface area contributed by atoms with E-state index in [4.69, 9.17) is 4.74 Å². The third kappa shape index (κ3) is 4.35. The normalized spacial score (nSPS) is 20.2. The summed E-state index contributed by atoms with van der Waals surface area (Å²) in [7, 11) is -0.283. The summed E-state index contributed by atoms with van der Waals surface area (Å²) < 4.78 is 5.77. The fraction of sp³-hybridized carbons (Fsp3) is 0.533. The monoisotopic (exact) mass is 274 g/mol. The predicted octanol–water partition coefficient (Wildman–Crippen LogP) is 3.03. The van der Waals surface area contributed by atoms with E-state index >= 15 is 0 Å². The van der Waals surface area contributed by atoms with Crippen molar-refractivity contribution >= 4 is 27.5 Å². The largest absolute Gasteiger partial charge is 0.476 e. The highest BCUT2D eigenvalue weighted by Gasteiger charge is 2.29. The standard InChI is InChI=1S/C15H22NOP.B/c1-12-10-16-14(17-12)11-18(15(2,3)4)13-8-6-5-7-9-13;/h5-9,12H,10-11H2,1-4H3;/t12-,18-;/m0./s1. The highest BCUT2D eigenvalue weighted by Crippen LogP contribution is 2.48. The summed E-state index contributed by atoms with van der Waals surface area (Å²) in [6, 6.07) is 10.8. The molecule has 0 saturated carbocycles. The zero-order valence-electron chi connectivity index (χ0n) is 12.3. The molecule has 1 aliphatic heterocycles. The van der Waals surface area contributed by atoms with E-state index in [0.29, 0.717) is 0 Å². The molecule has 19 heavy (non-hydrogen) atoms. The fourth-order valence-corrected chi connectivity index (χ4v) is 4.49. The first-order valence-electron chi connectivity index (χ1n) is 6.49. The Morgan fingerprint density at radius 1 is 1.26 bits per heavy atom. The lowest BCUT2D eigenvalue weighted by Crippen LogP contribution is -2.24. The van der Waals surface area contributed by atoms with Gasteiger partial charge in [-0.1, -0.05) is 59.0 Å². The second-order valence-corrected chi connectivity index (χ2v) is 8.79. The lowest BCUT2D eigenvalue weighted by molar-refractivity contribution is 0.244. The molecule has 2 nitrogen and oxygen atoms in total. The van der Waals surface area contributed by atoms with E-state index in [9.17, 15) is 0 Å². The minimum atomic E-state index is -0.283. The van der Waals surface area contributed by atoms with Crippen molar-refractivity contribution in [1.82, 2.24) is 0 Å². The molecule has 1 heterocycles. The Labute approximate surface area is 120 Å². The molecule has 4 heteroatoms. The van der Waals surface area contributed by atoms with Gasteiger partial charge in [0.15, 0.2) is 5.90 Å². The Kier molecular flexibility index (Phi) is 5.61. The molecule has 1 aromatic carbocycles. The van der Waals surface area contributed by atoms with Crippen molar-refractivity contribution in [1.29, 1.82) is 0 Å². The van der Waals surface area contributed by atoms with Gasteiger partial charge in [0.1, 0.15) is 6.10 Å². The summed E-state index contributed by atoms with van der Waals surface area (Å²) in [5, 5.41) is 1.71. The molecular formula is C15H22BNOP. The first-order chi connectivity index (χ1) is 8.47. The van der Waals surface area contributed by atoms with Gasteiger partial charge in [0.05, 0.1) is 6.54 Å². The Hall–Kier alpha value is -0.815. The molecule has 0 amide bonds. The Bertz CT molecular complexity index is 428. The van der Waals surface area contributed by atoms with Crippen molar-refractivity contribution in [3.05, 3.63) is 30.3 Å². The average Bonchev–Trinajstić information content (AvgIpc) is 2.72. The van der Waals surface area contributed by atoms with Crippen LogP contribution in [0.3, 0.4) is 0 Å². The molecule has 1 aliphatic rings. The van der Waals surface area contributed by atoms with Crippen LogP contribution in [0.5, 0.6) is 0 Å². The highest BCUT2D eigenvalue weighted by molar-refractivity contribution is 7.67. The minimum Gasteiger partial charge on any atom is -0.476 e. The quantitative estimate of drug-likeness (QED) is 0.613. The van der Waals surface area contributed by atoms with Crippen LogP contribution in [-0.2, 0) is 4.74 Å². The van der Waals surface area contributed by atoms with E-state index in [1.807, 2.05) is 0 Å². The Morgan fingerprint density at radius 3 is 2.37 bits per heavy atom. The molecule has 0 spiro atoms. The third-order valence-corrected chi connectivity index (χ3v) is 6.16. The number of nitrogens with zero attached hydrogens (tertiary/aromatic N) is 1. The first-order valence-corrected chi connectivity index (χ1v) is 8.02. The average molecular weight is 274 g/mol. The van der Waals surface area contributed by atoms with Crippen LogP contribution in [0, 0.1) is 0 Å². The van der Waals surface area contributed by atoms with Gasteiger partial charge < -0.3 is 4.74 Å². The summed E-state index contributed by atoms with van der Waals surface area (Å²) in [5.41, 5.74) is 0. The van der Waals surface area contributed by atoms with Gasteiger partial charge in [-0.15, -0.1) is 0 Å². The van der Waals surface area contributed by atoms with Gasteiger partial charge >= 0.3 is 0 Å². The van der Waals surface area contributed by atoms with Gasteiger partial charge in [0.25, 0.3) is 0 Å². The summed E-state index contributed by atoms with van der Waals surface area (Å²) in [6.07, 6.45) is 1.22. The second-order valence-electron chi connectivity index (χ2n) is 5.76. The SMILES string of the molecule is C[C@H]1CN=C(C[P@@](c2ccccc2)C(C)(C)C)O1.[B]. The second kappa shape index (κ2) is 6.57. The molecular weight excluding hydrogens is 252 g/mol. The lowest BCUT2D eigenvalue weighted by atomic mass is 10.3. The van der Waals surface area contributed by atoms with Crippen molar-refractivity contribution in [3.63, 3.8) is 0 Å². The first kappa shape index (κ1) is 16.2. The Balaban J connectivity index is 0.00000180. The van der Waals surface area contributed by atoms with Crippen molar-refractivity contribution < 1.29 is 4.74 Å². The molecule has 3 radical (unpaired) electrons. The van der Waals surface area contributed by atoms with Gasteiger partial charge in [-0.3, -0.25) is 4.99 Å². The molecule has 0 unspecified atom stereocenters. The van der Waals surface area contributed by atoms with Crippen molar-refractivity contribution in [3.8, 4) is 0 Å². The number of ether oxygens (including phenoxy) is 1. The van der Waals surface area contributed by atoms with Gasteiger partial charge in [-0.2, -0.15) is 0 Å². The molecule has 101 valence electrons. The van der Waals surface area contributed by atoms with Crippen molar-refractivity contribution in [2.75, 3.05) is 12.7 Å². The molecule has 2 rings (SSSR count). The van der Waals surface area contributed by atoms with Crippen LogP contribution in [0.1, 0.15) is 27.7 Å². The molecule has 0 fully saturated rings. The number of hydrogen-bond acceptors (Lipinski definition) is 2. The van der Waals surface area contributed by atoms with Crippen molar-refractivity contribution in [2.45, 2.75) is 39.0 Å². The maximum absolute atomic E-state index is 5.77. The van der Waals surface area contributed by atoms with Crippen LogP contribution in [0.2, 0.25) is 0 Å². The Morgan fingerprint density at radius 2 is 1.89 bits per heavy atom. The van der Waals surface area contributed by atoms with E-state index in [1.165, 1.54) is 5.30 Å².